The number of allylic oxidation sites excluding steroid dienone is 1. The summed E-state index contributed by atoms with van der Waals surface area (Å²) in [6, 6.07) is 0. The minimum Gasteiger partial charge on any atom is -0.291 e. The molecule has 2 nitrogen and oxygen atoms in total. The molecule has 9 heavy (non-hydrogen) atoms. The van der Waals surface area contributed by atoms with Crippen molar-refractivity contribution in [1.82, 2.24) is 0 Å². The second kappa shape index (κ2) is 2.27. The summed E-state index contributed by atoms with van der Waals surface area (Å²) in [5.41, 5.74) is -0.926. The quantitative estimate of drug-likeness (QED) is 0.372. The fraction of sp³-hybridized carbons (Fsp3) is 0.200. The average molecular weight is 148 g/mol. The largest absolute Gasteiger partial charge is 0.291 e. The highest BCUT2D eigenvalue weighted by atomic mass is 35.5. The van der Waals surface area contributed by atoms with E-state index in [0.29, 0.717) is 0 Å². The first kappa shape index (κ1) is 6.42. The van der Waals surface area contributed by atoms with Crippen LogP contribution < -0.4 is 0 Å². The van der Waals surface area contributed by atoms with Crippen molar-refractivity contribution in [2.75, 3.05) is 0 Å². The van der Waals surface area contributed by atoms with Crippen LogP contribution in [0.3, 0.4) is 0 Å². The van der Waals surface area contributed by atoms with Gasteiger partial charge in [-0.05, 0) is 0 Å². The molecular weight excluding hydrogens is 145 g/mol. The molecule has 0 N–H and O–H groups in total. The topological polar surface area (TPSA) is 29.4 Å². The van der Waals surface area contributed by atoms with Crippen LogP contribution in [0.25, 0.3) is 0 Å². The summed E-state index contributed by atoms with van der Waals surface area (Å²) in [7, 11) is 0. The Morgan fingerprint density at radius 2 is 2.44 bits per heavy atom. The van der Waals surface area contributed by atoms with Gasteiger partial charge in [-0.3, -0.25) is 9.79 Å². The maximum Gasteiger partial charge on any atom is 0.198 e. The van der Waals surface area contributed by atoms with E-state index < -0.39 is 17.1 Å². The normalized spacial score (nSPS) is 26.2. The molecule has 0 bridgehead atoms. The maximum atomic E-state index is 12.0. The van der Waals surface area contributed by atoms with Gasteiger partial charge in [0.2, 0.25) is 0 Å². The zero-order chi connectivity index (χ0) is 6.85. The Balaban J connectivity index is 2.82. The highest BCUT2D eigenvalue weighted by molar-refractivity contribution is 6.34. The lowest BCUT2D eigenvalue weighted by Gasteiger charge is -2.01. The molecule has 0 saturated carbocycles. The van der Waals surface area contributed by atoms with Crippen LogP contribution in [0, 0.1) is 0 Å². The third-order valence-electron chi connectivity index (χ3n) is 0.844. The Labute approximate surface area is 56.0 Å². The fourth-order valence-corrected chi connectivity index (χ4v) is 0.571. The number of carbonyl (C=O) groups is 1. The summed E-state index contributed by atoms with van der Waals surface area (Å²) in [5, 5.41) is 0. The summed E-state index contributed by atoms with van der Waals surface area (Å²) in [6.45, 7) is 0. The predicted octanol–water partition coefficient (Wildman–Crippen LogP) is 1.06. The predicted molar refractivity (Wildman–Crippen MR) is 32.3 cm³/mol. The SMILES string of the molecule is O=C1C=C(F)C=NC1Cl. The van der Waals surface area contributed by atoms with Crippen LogP contribution in [0.1, 0.15) is 0 Å². The number of hydrogen-bond acceptors (Lipinski definition) is 2. The molecule has 0 aromatic carbocycles. The van der Waals surface area contributed by atoms with E-state index in [9.17, 15) is 9.18 Å². The molecule has 1 unspecified atom stereocenters. The molecule has 1 aliphatic rings. The summed E-state index contributed by atoms with van der Waals surface area (Å²) >= 11 is 5.27. The molecule has 4 heteroatoms. The molecule has 1 rings (SSSR count). The van der Waals surface area contributed by atoms with Gasteiger partial charge in [-0.2, -0.15) is 0 Å². The lowest BCUT2D eigenvalue weighted by atomic mass is 10.3. The lowest BCUT2D eigenvalue weighted by molar-refractivity contribution is -0.114. The number of aliphatic imine (C=N–C) groups is 1. The van der Waals surface area contributed by atoms with Gasteiger partial charge in [-0.1, -0.05) is 11.6 Å². The first-order valence-electron chi connectivity index (χ1n) is 2.28. The molecule has 0 aliphatic carbocycles. The van der Waals surface area contributed by atoms with E-state index in [2.05, 4.69) is 4.99 Å². The Morgan fingerprint density at radius 3 is 2.89 bits per heavy atom. The maximum absolute atomic E-state index is 12.0. The van der Waals surface area contributed by atoms with Crippen molar-refractivity contribution in [3.63, 3.8) is 0 Å². The molecule has 0 amide bonds. The van der Waals surface area contributed by atoms with Crippen LogP contribution in [0.4, 0.5) is 4.39 Å². The summed E-state index contributed by atoms with van der Waals surface area (Å²) in [6.07, 6.45) is 1.75. The van der Waals surface area contributed by atoms with E-state index in [-0.39, 0.29) is 0 Å². The molecule has 0 fully saturated rings. The molecule has 1 heterocycles. The average Bonchev–Trinajstić information content (AvgIpc) is 1.80. The van der Waals surface area contributed by atoms with Crippen molar-refractivity contribution in [2.45, 2.75) is 5.50 Å². The van der Waals surface area contributed by atoms with Crippen molar-refractivity contribution in [3.8, 4) is 0 Å². The van der Waals surface area contributed by atoms with Crippen LogP contribution in [0.2, 0.25) is 0 Å². The van der Waals surface area contributed by atoms with Crippen molar-refractivity contribution in [2.24, 2.45) is 4.99 Å². The van der Waals surface area contributed by atoms with E-state index in [0.717, 1.165) is 12.3 Å². The van der Waals surface area contributed by atoms with Crippen LogP contribution in [0.15, 0.2) is 16.9 Å². The van der Waals surface area contributed by atoms with Gasteiger partial charge in [0.15, 0.2) is 11.3 Å². The molecule has 0 aromatic rings. The Bertz CT molecular complexity index is 199. The van der Waals surface area contributed by atoms with Crippen LogP contribution in [-0.2, 0) is 4.79 Å². The van der Waals surface area contributed by atoms with E-state index in [1.54, 1.807) is 0 Å². The first-order chi connectivity index (χ1) is 4.20. The van der Waals surface area contributed by atoms with Gasteiger partial charge < -0.3 is 0 Å². The Hall–Kier alpha value is -0.700. The van der Waals surface area contributed by atoms with Gasteiger partial charge in [0.05, 0.1) is 6.21 Å². The minimum atomic E-state index is -0.926. The number of ketones is 1. The summed E-state index contributed by atoms with van der Waals surface area (Å²) in [4.78, 5) is 13.8. The minimum absolute atomic E-state index is 0.503. The van der Waals surface area contributed by atoms with Gasteiger partial charge in [-0.15, -0.1) is 0 Å². The highest BCUT2D eigenvalue weighted by Crippen LogP contribution is 2.08. The summed E-state index contributed by atoms with van der Waals surface area (Å²) < 4.78 is 12.0. The lowest BCUT2D eigenvalue weighted by Crippen LogP contribution is -2.13. The van der Waals surface area contributed by atoms with Crippen LogP contribution in [-0.4, -0.2) is 17.5 Å². The number of carbonyl (C=O) groups excluding carboxylic acids is 1. The molecule has 0 spiro atoms. The van der Waals surface area contributed by atoms with Gasteiger partial charge in [0, 0.05) is 6.08 Å². The third kappa shape index (κ3) is 1.36. The molecule has 0 aromatic heterocycles. The van der Waals surface area contributed by atoms with Crippen LogP contribution in [0.5, 0.6) is 0 Å². The zero-order valence-electron chi connectivity index (χ0n) is 4.34. The number of halogens is 2. The number of nitrogens with zero attached hydrogens (tertiary/aromatic N) is 1. The molecule has 1 atom stereocenters. The first-order valence-corrected chi connectivity index (χ1v) is 2.72. The molecule has 48 valence electrons. The summed E-state index contributed by atoms with van der Waals surface area (Å²) in [5.74, 6) is -1.14. The van der Waals surface area contributed by atoms with Crippen LogP contribution >= 0.6 is 11.6 Å². The third-order valence-corrected chi connectivity index (χ3v) is 1.17. The molecular formula is C5H3ClFNO. The number of rotatable bonds is 0. The number of alkyl halides is 1. The Morgan fingerprint density at radius 1 is 1.78 bits per heavy atom. The Kier molecular flexibility index (Phi) is 1.62. The highest BCUT2D eigenvalue weighted by Gasteiger charge is 2.14. The number of hydrogen-bond donors (Lipinski definition) is 0. The molecule has 0 saturated heterocycles. The van der Waals surface area contributed by atoms with Crippen molar-refractivity contribution < 1.29 is 9.18 Å². The molecule has 1 aliphatic heterocycles. The van der Waals surface area contributed by atoms with E-state index in [4.69, 9.17) is 11.6 Å². The van der Waals surface area contributed by atoms with Gasteiger partial charge in [0.25, 0.3) is 0 Å². The smallest absolute Gasteiger partial charge is 0.198 e. The standard InChI is InChI=1S/C5H3ClFNO/c6-5-4(9)1-3(7)2-8-5/h1-2,5H. The fourth-order valence-electron chi connectivity index (χ4n) is 0.452. The van der Waals surface area contributed by atoms with E-state index >= 15 is 0 Å². The monoisotopic (exact) mass is 147 g/mol. The second-order valence-electron chi connectivity index (χ2n) is 1.55. The van der Waals surface area contributed by atoms with Gasteiger partial charge >= 0.3 is 0 Å². The van der Waals surface area contributed by atoms with E-state index in [1.165, 1.54) is 0 Å². The zero-order valence-corrected chi connectivity index (χ0v) is 5.10. The van der Waals surface area contributed by atoms with Gasteiger partial charge in [0.1, 0.15) is 5.83 Å². The molecule has 0 radical (unpaired) electrons. The van der Waals surface area contributed by atoms with Crippen molar-refractivity contribution in [3.05, 3.63) is 11.9 Å². The second-order valence-corrected chi connectivity index (χ2v) is 1.96. The van der Waals surface area contributed by atoms with Gasteiger partial charge in [-0.25, -0.2) is 4.39 Å². The van der Waals surface area contributed by atoms with Crippen molar-refractivity contribution >= 4 is 23.6 Å². The van der Waals surface area contributed by atoms with Crippen molar-refractivity contribution in [1.29, 1.82) is 0 Å². The van der Waals surface area contributed by atoms with E-state index in [1.807, 2.05) is 0 Å². The number of dihydropyridines is 1.